The molecule has 0 atom stereocenters. The van der Waals surface area contributed by atoms with Crippen molar-refractivity contribution in [3.8, 4) is 0 Å². The summed E-state index contributed by atoms with van der Waals surface area (Å²) in [5, 5.41) is 0.320. The second-order valence-corrected chi connectivity index (χ2v) is 4.29. The van der Waals surface area contributed by atoms with Crippen LogP contribution in [0.1, 0.15) is 55.8 Å². The minimum Gasteiger partial charge on any atom is -0.294 e. The molecule has 0 fully saturated rings. The second kappa shape index (κ2) is 7.39. The number of ketones is 1. The van der Waals surface area contributed by atoms with Gasteiger partial charge in [0.05, 0.1) is 5.56 Å². The SMILES string of the molecule is CCCCCCCC(=O)c1cccnc1Cl. The van der Waals surface area contributed by atoms with Crippen LogP contribution in [0, 0.1) is 0 Å². The minimum absolute atomic E-state index is 0.106. The first kappa shape index (κ1) is 13.2. The molecule has 1 rings (SSSR count). The van der Waals surface area contributed by atoms with Gasteiger partial charge in [-0.25, -0.2) is 4.98 Å². The summed E-state index contributed by atoms with van der Waals surface area (Å²) in [6, 6.07) is 3.49. The molecule has 0 saturated carbocycles. The van der Waals surface area contributed by atoms with Crippen molar-refractivity contribution in [2.24, 2.45) is 0 Å². The van der Waals surface area contributed by atoms with Gasteiger partial charge in [0.1, 0.15) is 5.15 Å². The lowest BCUT2D eigenvalue weighted by Crippen LogP contribution is -2.00. The van der Waals surface area contributed by atoms with Gasteiger partial charge in [0.15, 0.2) is 5.78 Å². The maximum atomic E-state index is 11.8. The van der Waals surface area contributed by atoms with Gasteiger partial charge in [0.25, 0.3) is 0 Å². The predicted octanol–water partition coefficient (Wildman–Crippen LogP) is 4.28. The van der Waals surface area contributed by atoms with Gasteiger partial charge >= 0.3 is 0 Å². The topological polar surface area (TPSA) is 30.0 Å². The van der Waals surface area contributed by atoms with Gasteiger partial charge in [-0.2, -0.15) is 0 Å². The standard InChI is InChI=1S/C13H18ClNO/c1-2-3-4-5-6-9-12(16)11-8-7-10-15-13(11)14/h7-8,10H,2-6,9H2,1H3. The van der Waals surface area contributed by atoms with E-state index in [1.165, 1.54) is 19.3 Å². The number of nitrogens with zero attached hydrogens (tertiary/aromatic N) is 1. The molecular weight excluding hydrogens is 222 g/mol. The van der Waals surface area contributed by atoms with Crippen LogP contribution < -0.4 is 0 Å². The van der Waals surface area contributed by atoms with Crippen LogP contribution >= 0.6 is 11.6 Å². The molecular formula is C13H18ClNO. The smallest absolute Gasteiger partial charge is 0.165 e. The summed E-state index contributed by atoms with van der Waals surface area (Å²) >= 11 is 5.85. The maximum absolute atomic E-state index is 11.8. The Labute approximate surface area is 102 Å². The van der Waals surface area contributed by atoms with Crippen molar-refractivity contribution in [3.05, 3.63) is 29.0 Å². The Morgan fingerprint density at radius 1 is 1.31 bits per heavy atom. The number of unbranched alkanes of at least 4 members (excludes halogenated alkanes) is 4. The molecule has 0 aromatic carbocycles. The summed E-state index contributed by atoms with van der Waals surface area (Å²) in [7, 11) is 0. The summed E-state index contributed by atoms with van der Waals surface area (Å²) in [5.41, 5.74) is 0.555. The summed E-state index contributed by atoms with van der Waals surface area (Å²) < 4.78 is 0. The van der Waals surface area contributed by atoms with Crippen molar-refractivity contribution in [2.45, 2.75) is 45.4 Å². The number of pyridine rings is 1. The van der Waals surface area contributed by atoms with Crippen LogP contribution in [0.25, 0.3) is 0 Å². The number of rotatable bonds is 7. The number of halogens is 1. The molecule has 0 unspecified atom stereocenters. The van der Waals surface area contributed by atoms with E-state index in [9.17, 15) is 4.79 Å². The maximum Gasteiger partial charge on any atom is 0.165 e. The number of aromatic nitrogens is 1. The Morgan fingerprint density at radius 2 is 2.06 bits per heavy atom. The largest absolute Gasteiger partial charge is 0.294 e. The lowest BCUT2D eigenvalue weighted by atomic mass is 10.1. The molecule has 0 amide bonds. The first-order chi connectivity index (χ1) is 7.75. The summed E-state index contributed by atoms with van der Waals surface area (Å²) in [6.07, 6.45) is 7.94. The van der Waals surface area contributed by atoms with Gasteiger partial charge < -0.3 is 0 Å². The lowest BCUT2D eigenvalue weighted by Gasteiger charge is -2.02. The van der Waals surface area contributed by atoms with Gasteiger partial charge in [0.2, 0.25) is 0 Å². The van der Waals surface area contributed by atoms with E-state index in [1.54, 1.807) is 18.3 Å². The first-order valence-electron chi connectivity index (χ1n) is 5.89. The van der Waals surface area contributed by atoms with E-state index in [2.05, 4.69) is 11.9 Å². The Morgan fingerprint density at radius 3 is 2.75 bits per heavy atom. The molecule has 0 aliphatic heterocycles. The van der Waals surface area contributed by atoms with Crippen LogP contribution in [0.3, 0.4) is 0 Å². The van der Waals surface area contributed by atoms with E-state index in [1.807, 2.05) is 0 Å². The van der Waals surface area contributed by atoms with Gasteiger partial charge in [-0.05, 0) is 18.6 Å². The highest BCUT2D eigenvalue weighted by Crippen LogP contribution is 2.15. The van der Waals surface area contributed by atoms with Crippen LogP contribution in [0.5, 0.6) is 0 Å². The fourth-order valence-corrected chi connectivity index (χ4v) is 1.84. The zero-order valence-electron chi connectivity index (χ0n) is 9.71. The molecule has 0 aliphatic carbocycles. The van der Waals surface area contributed by atoms with E-state index in [4.69, 9.17) is 11.6 Å². The highest BCUT2D eigenvalue weighted by atomic mass is 35.5. The fraction of sp³-hybridized carbons (Fsp3) is 0.538. The third-order valence-electron chi connectivity index (χ3n) is 2.57. The number of hydrogen-bond donors (Lipinski definition) is 0. The number of hydrogen-bond acceptors (Lipinski definition) is 2. The Hall–Kier alpha value is -0.890. The van der Waals surface area contributed by atoms with Crippen molar-refractivity contribution >= 4 is 17.4 Å². The molecule has 0 saturated heterocycles. The van der Waals surface area contributed by atoms with E-state index >= 15 is 0 Å². The molecule has 1 aromatic rings. The molecule has 0 bridgehead atoms. The molecule has 1 heterocycles. The van der Waals surface area contributed by atoms with Crippen LogP contribution in [-0.2, 0) is 0 Å². The third kappa shape index (κ3) is 4.31. The highest BCUT2D eigenvalue weighted by Gasteiger charge is 2.09. The molecule has 0 N–H and O–H groups in total. The lowest BCUT2D eigenvalue weighted by molar-refractivity contribution is 0.0979. The average Bonchev–Trinajstić information content (AvgIpc) is 2.29. The molecule has 3 heteroatoms. The van der Waals surface area contributed by atoms with Crippen molar-refractivity contribution in [1.29, 1.82) is 0 Å². The van der Waals surface area contributed by atoms with Crippen molar-refractivity contribution in [1.82, 2.24) is 4.98 Å². The summed E-state index contributed by atoms with van der Waals surface area (Å²) in [5.74, 6) is 0.106. The van der Waals surface area contributed by atoms with Crippen LogP contribution in [-0.4, -0.2) is 10.8 Å². The zero-order valence-corrected chi connectivity index (χ0v) is 10.5. The zero-order chi connectivity index (χ0) is 11.8. The molecule has 0 spiro atoms. The number of Topliss-reactive ketones (excluding diaryl/α,β-unsaturated/α-hetero) is 1. The monoisotopic (exact) mass is 239 g/mol. The van der Waals surface area contributed by atoms with Crippen molar-refractivity contribution < 1.29 is 4.79 Å². The van der Waals surface area contributed by atoms with E-state index in [0.717, 1.165) is 12.8 Å². The second-order valence-electron chi connectivity index (χ2n) is 3.93. The van der Waals surface area contributed by atoms with E-state index < -0.39 is 0 Å². The number of carbonyl (C=O) groups is 1. The number of carbonyl (C=O) groups excluding carboxylic acids is 1. The van der Waals surface area contributed by atoms with Gasteiger partial charge in [-0.3, -0.25) is 4.79 Å². The Kier molecular flexibility index (Phi) is 6.09. The minimum atomic E-state index is 0.106. The van der Waals surface area contributed by atoms with Crippen LogP contribution in [0.2, 0.25) is 5.15 Å². The molecule has 2 nitrogen and oxygen atoms in total. The molecule has 88 valence electrons. The van der Waals surface area contributed by atoms with Crippen molar-refractivity contribution in [3.63, 3.8) is 0 Å². The molecule has 1 aromatic heterocycles. The van der Waals surface area contributed by atoms with Crippen molar-refractivity contribution in [2.75, 3.05) is 0 Å². The summed E-state index contributed by atoms with van der Waals surface area (Å²) in [6.45, 7) is 2.18. The quantitative estimate of drug-likeness (QED) is 0.404. The molecule has 0 radical (unpaired) electrons. The molecule has 16 heavy (non-hydrogen) atoms. The van der Waals surface area contributed by atoms with Gasteiger partial charge in [-0.15, -0.1) is 0 Å². The summed E-state index contributed by atoms with van der Waals surface area (Å²) in [4.78, 5) is 15.7. The van der Waals surface area contributed by atoms with E-state index in [-0.39, 0.29) is 5.78 Å². The Bertz CT molecular complexity index is 338. The fourth-order valence-electron chi connectivity index (χ4n) is 1.62. The van der Waals surface area contributed by atoms with Gasteiger partial charge in [-0.1, -0.05) is 44.2 Å². The predicted molar refractivity (Wildman–Crippen MR) is 67.0 cm³/mol. The van der Waals surface area contributed by atoms with E-state index in [0.29, 0.717) is 17.1 Å². The average molecular weight is 240 g/mol. The van der Waals surface area contributed by atoms with Gasteiger partial charge in [0, 0.05) is 12.6 Å². The normalized spacial score (nSPS) is 10.4. The van der Waals surface area contributed by atoms with Crippen LogP contribution in [0.4, 0.5) is 0 Å². The highest BCUT2D eigenvalue weighted by molar-refractivity contribution is 6.32. The third-order valence-corrected chi connectivity index (χ3v) is 2.87. The molecule has 0 aliphatic rings. The van der Waals surface area contributed by atoms with Crippen LogP contribution in [0.15, 0.2) is 18.3 Å². The first-order valence-corrected chi connectivity index (χ1v) is 6.27. The Balaban J connectivity index is 2.33.